The van der Waals surface area contributed by atoms with Crippen molar-refractivity contribution >= 4 is 63.9 Å². The van der Waals surface area contributed by atoms with Gasteiger partial charge in [-0.2, -0.15) is 0 Å². The Morgan fingerprint density at radius 1 is 1.04 bits per heavy atom. The van der Waals surface area contributed by atoms with Crippen molar-refractivity contribution in [3.05, 3.63) is 72.0 Å². The molecule has 0 aromatic heterocycles. The lowest BCUT2D eigenvalue weighted by molar-refractivity contribution is -0.324. The minimum atomic E-state index is -2.04. The third-order valence-electron chi connectivity index (χ3n) is 4.60. The van der Waals surface area contributed by atoms with Crippen molar-refractivity contribution in [2.45, 2.75) is 17.6 Å². The molecule has 0 atom stereocenters. The molecule has 0 bridgehead atoms. The summed E-state index contributed by atoms with van der Waals surface area (Å²) in [6.07, 6.45) is 0. The predicted molar refractivity (Wildman–Crippen MR) is 115 cm³/mol. The Bertz CT molecular complexity index is 885. The number of alkyl halides is 3. The second kappa shape index (κ2) is 8.20. The van der Waals surface area contributed by atoms with E-state index in [4.69, 9.17) is 44.2 Å². The maximum atomic E-state index is 12.6. The number of halogens is 3. The van der Waals surface area contributed by atoms with Crippen LogP contribution in [0.3, 0.4) is 0 Å². The molecule has 2 aromatic carbocycles. The fraction of sp³-hybridized carbons (Fsp3) is 0.200. The van der Waals surface area contributed by atoms with Crippen LogP contribution in [0, 0.1) is 0 Å². The molecule has 1 aliphatic heterocycles. The first-order valence-corrected chi connectivity index (χ1v) is 9.98. The number of hydrogen-bond donors (Lipinski definition) is 1. The summed E-state index contributed by atoms with van der Waals surface area (Å²) in [4.78, 5) is 15.8. The van der Waals surface area contributed by atoms with Crippen LogP contribution in [0.4, 0.5) is 0 Å². The zero-order valence-corrected chi connectivity index (χ0v) is 17.7. The molecular weight excluding hydrogens is 419 g/mol. The molecule has 1 heterocycles. The molecule has 0 amide bonds. The number of hydrogen-bond acceptors (Lipinski definition) is 3. The van der Waals surface area contributed by atoms with E-state index in [9.17, 15) is 4.79 Å². The van der Waals surface area contributed by atoms with E-state index in [0.29, 0.717) is 5.76 Å². The van der Waals surface area contributed by atoms with Gasteiger partial charge in [0.2, 0.25) is 0 Å². The molecule has 28 heavy (non-hydrogen) atoms. The van der Waals surface area contributed by atoms with E-state index < -0.39 is 16.2 Å². The van der Waals surface area contributed by atoms with E-state index in [-0.39, 0.29) is 17.9 Å². The molecule has 1 aliphatic rings. The first-order valence-electron chi connectivity index (χ1n) is 8.85. The Labute approximate surface area is 179 Å². The van der Waals surface area contributed by atoms with Crippen molar-refractivity contribution in [3.63, 3.8) is 0 Å². The standard InChI is InChI=1S/C20H19BCl3NO3/c1-3-27-19(26)17-14(2)28-21(15-10-6-4-7-11-15,16-12-8-5-9-13-16)25-18(17)20(22,23)24/h4-13,25H,3H2,1-2H3. The van der Waals surface area contributed by atoms with Crippen LogP contribution in [-0.4, -0.2) is 28.6 Å². The van der Waals surface area contributed by atoms with Crippen LogP contribution in [0.25, 0.3) is 0 Å². The zero-order chi connectivity index (χ0) is 20.4. The highest BCUT2D eigenvalue weighted by Crippen LogP contribution is 2.32. The van der Waals surface area contributed by atoms with Gasteiger partial charge in [-0.3, -0.25) is 0 Å². The van der Waals surface area contributed by atoms with Gasteiger partial charge in [-0.05, 0) is 13.8 Å². The fourth-order valence-corrected chi connectivity index (χ4v) is 3.87. The number of allylic oxidation sites excluding steroid dienone is 1. The van der Waals surface area contributed by atoms with E-state index >= 15 is 0 Å². The van der Waals surface area contributed by atoms with Gasteiger partial charge < -0.3 is 14.3 Å². The molecule has 146 valence electrons. The first kappa shape index (κ1) is 20.8. The molecular formula is C20H19BCl3NO3. The van der Waals surface area contributed by atoms with Gasteiger partial charge in [-0.25, -0.2) is 4.79 Å². The van der Waals surface area contributed by atoms with E-state index in [1.165, 1.54) is 0 Å². The van der Waals surface area contributed by atoms with Crippen LogP contribution >= 0.6 is 34.8 Å². The molecule has 0 saturated carbocycles. The summed E-state index contributed by atoms with van der Waals surface area (Å²) in [6, 6.07) is 19.2. The van der Waals surface area contributed by atoms with E-state index in [1.54, 1.807) is 13.8 Å². The lowest BCUT2D eigenvalue weighted by atomic mass is 9.42. The topological polar surface area (TPSA) is 49.5 Å². The normalized spacial score (nSPS) is 16.2. The van der Waals surface area contributed by atoms with Crippen LogP contribution in [0.1, 0.15) is 13.8 Å². The van der Waals surface area contributed by atoms with Crippen molar-refractivity contribution < 1.29 is 19.1 Å². The van der Waals surface area contributed by atoms with Gasteiger partial charge in [0, 0.05) is 0 Å². The molecule has 2 aromatic rings. The summed E-state index contributed by atoms with van der Waals surface area (Å²) < 4.78 is 9.65. The Balaban J connectivity index is 2.29. The lowest BCUT2D eigenvalue weighted by Crippen LogP contribution is -3.03. The van der Waals surface area contributed by atoms with Crippen molar-refractivity contribution in [1.82, 2.24) is 0 Å². The second-order valence-corrected chi connectivity index (χ2v) is 8.68. The number of rotatable bonds is 4. The number of carbonyl (C=O) groups excluding carboxylic acids is 1. The molecule has 4 nitrogen and oxygen atoms in total. The molecule has 1 N–H and O–H groups in total. The van der Waals surface area contributed by atoms with Crippen molar-refractivity contribution in [3.8, 4) is 0 Å². The van der Waals surface area contributed by atoms with Gasteiger partial charge in [0.15, 0.2) is 11.3 Å². The van der Waals surface area contributed by atoms with E-state index in [1.807, 2.05) is 60.7 Å². The predicted octanol–water partition coefficient (Wildman–Crippen LogP) is 2.00. The summed E-state index contributed by atoms with van der Waals surface area (Å²) in [5.74, 6) is -0.287. The van der Waals surface area contributed by atoms with Crippen LogP contribution < -0.4 is 15.8 Å². The molecule has 0 radical (unpaired) electrons. The van der Waals surface area contributed by atoms with Crippen LogP contribution in [0.5, 0.6) is 0 Å². The number of ether oxygens (including phenoxy) is 1. The van der Waals surface area contributed by atoms with Gasteiger partial charge in [0.1, 0.15) is 0 Å². The molecule has 0 unspecified atom stereocenters. The summed E-state index contributed by atoms with van der Waals surface area (Å²) in [5.41, 5.74) is 1.92. The minimum Gasteiger partial charge on any atom is -0.654 e. The van der Waals surface area contributed by atoms with Crippen molar-refractivity contribution in [1.29, 1.82) is 0 Å². The van der Waals surface area contributed by atoms with Gasteiger partial charge in [-0.1, -0.05) is 106 Å². The number of esters is 1. The molecule has 0 spiro atoms. The highest BCUT2D eigenvalue weighted by Gasteiger charge is 2.51. The van der Waals surface area contributed by atoms with E-state index in [2.05, 4.69) is 4.90 Å². The highest BCUT2D eigenvalue weighted by atomic mass is 35.6. The van der Waals surface area contributed by atoms with Gasteiger partial charge in [-0.15, -0.1) is 0 Å². The van der Waals surface area contributed by atoms with Gasteiger partial charge >= 0.3 is 12.5 Å². The smallest absolute Gasteiger partial charge is 0.506 e. The summed E-state index contributed by atoms with van der Waals surface area (Å²) in [6.45, 7) is 1.54. The fourth-order valence-electron chi connectivity index (χ4n) is 3.42. The third-order valence-corrected chi connectivity index (χ3v) is 5.17. The van der Waals surface area contributed by atoms with Gasteiger partial charge in [0.25, 0.3) is 3.79 Å². The van der Waals surface area contributed by atoms with Crippen molar-refractivity contribution in [2.75, 3.05) is 6.61 Å². The Morgan fingerprint density at radius 2 is 1.54 bits per heavy atom. The lowest BCUT2D eigenvalue weighted by Gasteiger charge is -2.38. The highest BCUT2D eigenvalue weighted by molar-refractivity contribution is 6.92. The number of benzene rings is 2. The zero-order valence-electron chi connectivity index (χ0n) is 15.4. The Morgan fingerprint density at radius 3 is 1.96 bits per heavy atom. The molecule has 0 fully saturated rings. The van der Waals surface area contributed by atoms with Gasteiger partial charge in [0.05, 0.1) is 12.4 Å². The second-order valence-electron chi connectivity index (χ2n) is 6.39. The average Bonchev–Trinajstić information content (AvgIpc) is 2.68. The minimum absolute atomic E-state index is 0.0891. The Kier molecular flexibility index (Phi) is 6.08. The Hall–Kier alpha value is -1.95. The SMILES string of the molecule is CCOC(=O)C1=C(C)O[B-](c2ccccc2)(c2ccccc2)[NH+]=C1C(Cl)(Cl)Cl. The molecule has 3 rings (SSSR count). The monoisotopic (exact) mass is 437 g/mol. The summed E-state index contributed by atoms with van der Waals surface area (Å²) >= 11 is 18.8. The third kappa shape index (κ3) is 3.93. The summed E-state index contributed by atoms with van der Waals surface area (Å²) in [7, 11) is 0. The van der Waals surface area contributed by atoms with E-state index in [0.717, 1.165) is 10.9 Å². The molecule has 8 heteroatoms. The van der Waals surface area contributed by atoms with Crippen molar-refractivity contribution in [2.24, 2.45) is 0 Å². The number of nitrogens with one attached hydrogen (secondary N) is 1. The maximum Gasteiger partial charge on any atom is 0.506 e. The van der Waals surface area contributed by atoms with Crippen LogP contribution in [0.2, 0.25) is 0 Å². The molecule has 0 aliphatic carbocycles. The quantitative estimate of drug-likeness (QED) is 0.451. The first-order chi connectivity index (χ1) is 13.3. The van der Waals surface area contributed by atoms with Crippen LogP contribution in [-0.2, 0) is 14.2 Å². The summed E-state index contributed by atoms with van der Waals surface area (Å²) in [5, 5.41) is 0. The molecule has 0 saturated heterocycles. The average molecular weight is 439 g/mol. The maximum absolute atomic E-state index is 12.6. The number of carbonyl (C=O) groups is 1. The van der Waals surface area contributed by atoms with Crippen LogP contribution in [0.15, 0.2) is 72.0 Å². The largest absolute Gasteiger partial charge is 0.654 e.